The van der Waals surface area contributed by atoms with Crippen LogP contribution in [0.1, 0.15) is 38.2 Å². The highest BCUT2D eigenvalue weighted by atomic mass is 35.5. The lowest BCUT2D eigenvalue weighted by atomic mass is 10.2. The quantitative estimate of drug-likeness (QED) is 0.670. The molecule has 1 aromatic carbocycles. The number of carbonyl (C=O) groups excluding carboxylic acids is 2. The number of nitrogens with one attached hydrogen (secondary N) is 3. The summed E-state index contributed by atoms with van der Waals surface area (Å²) in [6, 6.07) is 8.17. The summed E-state index contributed by atoms with van der Waals surface area (Å²) in [6.45, 7) is 1.69. The number of hydrogen-bond donors (Lipinski definition) is 3. The van der Waals surface area contributed by atoms with E-state index in [1.54, 1.807) is 24.4 Å². The van der Waals surface area contributed by atoms with Crippen molar-refractivity contribution in [2.24, 2.45) is 0 Å². The Kier molecular flexibility index (Phi) is 6.71. The van der Waals surface area contributed by atoms with Gasteiger partial charge in [-0.15, -0.1) is 0 Å². The molecule has 3 rings (SSSR count). The third-order valence-corrected chi connectivity index (χ3v) is 4.72. The Morgan fingerprint density at radius 2 is 2.00 bits per heavy atom. The highest BCUT2D eigenvalue weighted by molar-refractivity contribution is 6.34. The Morgan fingerprint density at radius 3 is 2.71 bits per heavy atom. The molecule has 1 aliphatic rings. The number of rotatable bonds is 6. The topological polar surface area (TPSA) is 92.4 Å². The maximum atomic E-state index is 12.2. The molecule has 0 radical (unpaired) electrons. The fraction of sp³-hybridized carbons (Fsp3) is 0.350. The van der Waals surface area contributed by atoms with Crippen molar-refractivity contribution in [2.75, 3.05) is 10.6 Å². The first-order valence-corrected chi connectivity index (χ1v) is 9.61. The molecule has 148 valence electrons. The van der Waals surface area contributed by atoms with Crippen LogP contribution in [0.3, 0.4) is 0 Å². The molecule has 1 aromatic heterocycles. The molecule has 1 heterocycles. The van der Waals surface area contributed by atoms with Crippen molar-refractivity contribution in [1.82, 2.24) is 10.3 Å². The zero-order chi connectivity index (χ0) is 19.9. The van der Waals surface area contributed by atoms with Gasteiger partial charge >= 0.3 is 6.03 Å². The number of urea groups is 1. The number of amides is 3. The van der Waals surface area contributed by atoms with Crippen molar-refractivity contribution in [1.29, 1.82) is 0 Å². The van der Waals surface area contributed by atoms with E-state index in [2.05, 4.69) is 20.9 Å². The summed E-state index contributed by atoms with van der Waals surface area (Å²) in [6.07, 6.45) is 6.31. The van der Waals surface area contributed by atoms with Crippen molar-refractivity contribution < 1.29 is 14.3 Å². The monoisotopic (exact) mass is 402 g/mol. The Morgan fingerprint density at radius 1 is 1.21 bits per heavy atom. The first-order valence-electron chi connectivity index (χ1n) is 9.24. The van der Waals surface area contributed by atoms with E-state index in [1.807, 2.05) is 12.1 Å². The molecule has 0 spiro atoms. The number of nitrogens with zero attached hydrogens (tertiary/aromatic N) is 1. The molecule has 28 heavy (non-hydrogen) atoms. The van der Waals surface area contributed by atoms with Gasteiger partial charge in [0.25, 0.3) is 0 Å². The van der Waals surface area contributed by atoms with Gasteiger partial charge in [-0.3, -0.25) is 4.79 Å². The van der Waals surface area contributed by atoms with E-state index in [0.717, 1.165) is 18.4 Å². The number of carbonyl (C=O) groups is 2. The smallest absolute Gasteiger partial charge is 0.319 e. The molecule has 0 aliphatic heterocycles. The van der Waals surface area contributed by atoms with Crippen LogP contribution in [-0.2, 0) is 11.3 Å². The summed E-state index contributed by atoms with van der Waals surface area (Å²) in [4.78, 5) is 27.6. The fourth-order valence-electron chi connectivity index (χ4n) is 3.07. The van der Waals surface area contributed by atoms with Crippen LogP contribution in [0.2, 0.25) is 5.02 Å². The predicted octanol–water partition coefficient (Wildman–Crippen LogP) is 4.34. The van der Waals surface area contributed by atoms with Crippen LogP contribution in [0.15, 0.2) is 36.5 Å². The van der Waals surface area contributed by atoms with Crippen LogP contribution in [-0.4, -0.2) is 23.0 Å². The molecule has 1 aliphatic carbocycles. The lowest BCUT2D eigenvalue weighted by molar-refractivity contribution is -0.114. The molecule has 2 aromatic rings. The van der Waals surface area contributed by atoms with Gasteiger partial charge in [0.15, 0.2) is 0 Å². The lowest BCUT2D eigenvalue weighted by Crippen LogP contribution is -2.28. The van der Waals surface area contributed by atoms with Crippen LogP contribution in [0.25, 0.3) is 0 Å². The minimum Gasteiger partial charge on any atom is -0.474 e. The van der Waals surface area contributed by atoms with Gasteiger partial charge in [-0.1, -0.05) is 17.7 Å². The van der Waals surface area contributed by atoms with Gasteiger partial charge in [-0.05, 0) is 49.9 Å². The Labute approximate surface area is 168 Å². The number of hydrogen-bond acceptors (Lipinski definition) is 4. The lowest BCUT2D eigenvalue weighted by Gasteiger charge is -2.16. The first-order chi connectivity index (χ1) is 13.5. The molecule has 0 saturated heterocycles. The van der Waals surface area contributed by atoms with Gasteiger partial charge in [0.05, 0.1) is 10.7 Å². The molecule has 0 atom stereocenters. The summed E-state index contributed by atoms with van der Waals surface area (Å²) in [7, 11) is 0. The average molecular weight is 403 g/mol. The van der Waals surface area contributed by atoms with Crippen LogP contribution >= 0.6 is 11.6 Å². The molecule has 3 amide bonds. The van der Waals surface area contributed by atoms with Gasteiger partial charge in [0, 0.05) is 30.9 Å². The third kappa shape index (κ3) is 5.60. The number of benzene rings is 1. The zero-order valence-electron chi connectivity index (χ0n) is 15.6. The van der Waals surface area contributed by atoms with Gasteiger partial charge in [0.2, 0.25) is 11.8 Å². The molecule has 8 heteroatoms. The SMILES string of the molecule is CC(=O)Nc1ccc(NC(=O)NCc2cccnc2OC2CCCC2)c(Cl)c1. The van der Waals surface area contributed by atoms with E-state index in [0.29, 0.717) is 22.3 Å². The number of ether oxygens (including phenoxy) is 1. The molecule has 1 fully saturated rings. The molecule has 1 saturated carbocycles. The number of anilines is 2. The van der Waals surface area contributed by atoms with Crippen molar-refractivity contribution in [3.63, 3.8) is 0 Å². The van der Waals surface area contributed by atoms with Gasteiger partial charge in [0.1, 0.15) is 6.10 Å². The Balaban J connectivity index is 1.56. The molecule has 0 bridgehead atoms. The molecular weight excluding hydrogens is 380 g/mol. The largest absolute Gasteiger partial charge is 0.474 e. The second-order valence-corrected chi connectivity index (χ2v) is 7.08. The standard InChI is InChI=1S/C20H23ClN4O3/c1-13(26)24-15-8-9-18(17(21)11-15)25-20(27)23-12-14-5-4-10-22-19(14)28-16-6-2-3-7-16/h4-5,8-11,16H,2-3,6-7,12H2,1H3,(H,24,26)(H2,23,25,27). The second-order valence-electron chi connectivity index (χ2n) is 6.68. The zero-order valence-corrected chi connectivity index (χ0v) is 16.4. The van der Waals surface area contributed by atoms with Crippen LogP contribution in [0.4, 0.5) is 16.2 Å². The maximum Gasteiger partial charge on any atom is 0.319 e. The van der Waals surface area contributed by atoms with Crippen LogP contribution in [0, 0.1) is 0 Å². The Bertz CT molecular complexity index is 853. The molecule has 3 N–H and O–H groups in total. The van der Waals surface area contributed by atoms with Crippen LogP contribution < -0.4 is 20.7 Å². The van der Waals surface area contributed by atoms with Gasteiger partial charge < -0.3 is 20.7 Å². The Hall–Kier alpha value is -2.80. The number of aromatic nitrogens is 1. The number of halogens is 1. The first kappa shape index (κ1) is 19.9. The van der Waals surface area contributed by atoms with Crippen molar-refractivity contribution in [3.8, 4) is 5.88 Å². The van der Waals surface area contributed by atoms with E-state index in [4.69, 9.17) is 16.3 Å². The summed E-state index contributed by atoms with van der Waals surface area (Å²) in [5.74, 6) is 0.369. The van der Waals surface area contributed by atoms with Crippen LogP contribution in [0.5, 0.6) is 5.88 Å². The highest BCUT2D eigenvalue weighted by Gasteiger charge is 2.18. The fourth-order valence-corrected chi connectivity index (χ4v) is 3.30. The molecule has 0 unspecified atom stereocenters. The summed E-state index contributed by atoms with van der Waals surface area (Å²) < 4.78 is 5.98. The van der Waals surface area contributed by atoms with Crippen molar-refractivity contribution >= 4 is 34.9 Å². The summed E-state index contributed by atoms with van der Waals surface area (Å²) >= 11 is 6.17. The van der Waals surface area contributed by atoms with E-state index in [9.17, 15) is 9.59 Å². The van der Waals surface area contributed by atoms with E-state index >= 15 is 0 Å². The van der Waals surface area contributed by atoms with E-state index < -0.39 is 6.03 Å². The van der Waals surface area contributed by atoms with Crippen molar-refractivity contribution in [3.05, 3.63) is 47.1 Å². The number of pyridine rings is 1. The van der Waals surface area contributed by atoms with Gasteiger partial charge in [-0.25, -0.2) is 9.78 Å². The predicted molar refractivity (Wildman–Crippen MR) is 109 cm³/mol. The minimum atomic E-state index is -0.398. The average Bonchev–Trinajstić information content (AvgIpc) is 3.16. The summed E-state index contributed by atoms with van der Waals surface area (Å²) in [5, 5.41) is 8.45. The van der Waals surface area contributed by atoms with Crippen molar-refractivity contribution in [2.45, 2.75) is 45.3 Å². The maximum absolute atomic E-state index is 12.2. The second kappa shape index (κ2) is 9.41. The third-order valence-electron chi connectivity index (χ3n) is 4.41. The molecule has 7 nitrogen and oxygen atoms in total. The highest BCUT2D eigenvalue weighted by Crippen LogP contribution is 2.26. The normalized spacial score (nSPS) is 13.8. The summed E-state index contributed by atoms with van der Waals surface area (Å²) in [5.41, 5.74) is 1.83. The minimum absolute atomic E-state index is 0.193. The van der Waals surface area contributed by atoms with Gasteiger partial charge in [-0.2, -0.15) is 0 Å². The van der Waals surface area contributed by atoms with E-state index in [1.165, 1.54) is 19.8 Å². The molecular formula is C20H23ClN4O3. The van der Waals surface area contributed by atoms with E-state index in [-0.39, 0.29) is 18.6 Å².